The summed E-state index contributed by atoms with van der Waals surface area (Å²) in [5.74, 6) is 1.03. The number of aromatic nitrogens is 2. The minimum absolute atomic E-state index is 0.328. The van der Waals surface area contributed by atoms with Crippen LogP contribution in [0.1, 0.15) is 30.8 Å². The first kappa shape index (κ1) is 11.9. The third-order valence-corrected chi connectivity index (χ3v) is 2.90. The molecule has 0 aliphatic carbocycles. The minimum atomic E-state index is 0.328. The third-order valence-electron chi connectivity index (χ3n) is 2.90. The number of rotatable bonds is 6. The Balaban J connectivity index is 1.81. The van der Waals surface area contributed by atoms with Crippen LogP contribution in [0.5, 0.6) is 0 Å². The van der Waals surface area contributed by atoms with Gasteiger partial charge in [0, 0.05) is 12.4 Å². The van der Waals surface area contributed by atoms with E-state index < -0.39 is 0 Å². The highest BCUT2D eigenvalue weighted by Crippen LogP contribution is 2.11. The molecule has 0 bridgehead atoms. The zero-order valence-electron chi connectivity index (χ0n) is 10.2. The van der Waals surface area contributed by atoms with Crippen molar-refractivity contribution in [1.29, 1.82) is 0 Å². The van der Waals surface area contributed by atoms with Gasteiger partial charge in [-0.05, 0) is 24.9 Å². The summed E-state index contributed by atoms with van der Waals surface area (Å²) in [4.78, 5) is 7.46. The van der Waals surface area contributed by atoms with Crippen molar-refractivity contribution in [1.82, 2.24) is 15.3 Å². The van der Waals surface area contributed by atoms with Crippen molar-refractivity contribution in [3.05, 3.63) is 54.1 Å². The van der Waals surface area contributed by atoms with Crippen LogP contribution in [-0.4, -0.2) is 16.5 Å². The number of nitrogens with one attached hydrogen (secondary N) is 2. The highest BCUT2D eigenvalue weighted by Gasteiger charge is 2.09. The van der Waals surface area contributed by atoms with Gasteiger partial charge >= 0.3 is 0 Å². The van der Waals surface area contributed by atoms with Gasteiger partial charge in [-0.2, -0.15) is 0 Å². The molecule has 2 rings (SSSR count). The number of imidazole rings is 1. The summed E-state index contributed by atoms with van der Waals surface area (Å²) >= 11 is 0. The first-order valence-corrected chi connectivity index (χ1v) is 6.16. The van der Waals surface area contributed by atoms with Crippen molar-refractivity contribution in [2.75, 3.05) is 6.54 Å². The van der Waals surface area contributed by atoms with Gasteiger partial charge in [-0.3, -0.25) is 0 Å². The van der Waals surface area contributed by atoms with Crippen LogP contribution >= 0.6 is 0 Å². The predicted molar refractivity (Wildman–Crippen MR) is 69.8 cm³/mol. The van der Waals surface area contributed by atoms with Crippen molar-refractivity contribution in [3.8, 4) is 0 Å². The highest BCUT2D eigenvalue weighted by atomic mass is 15.0. The van der Waals surface area contributed by atoms with Crippen LogP contribution < -0.4 is 5.32 Å². The van der Waals surface area contributed by atoms with E-state index in [-0.39, 0.29) is 0 Å². The summed E-state index contributed by atoms with van der Waals surface area (Å²) in [6, 6.07) is 10.9. The van der Waals surface area contributed by atoms with Crippen molar-refractivity contribution in [2.45, 2.75) is 25.8 Å². The second kappa shape index (κ2) is 6.21. The Bertz CT molecular complexity index is 408. The van der Waals surface area contributed by atoms with E-state index >= 15 is 0 Å². The number of aromatic amines is 1. The van der Waals surface area contributed by atoms with Crippen molar-refractivity contribution < 1.29 is 0 Å². The molecule has 1 aromatic heterocycles. The minimum Gasteiger partial charge on any atom is -0.347 e. The van der Waals surface area contributed by atoms with E-state index in [9.17, 15) is 0 Å². The zero-order valence-corrected chi connectivity index (χ0v) is 10.2. The zero-order chi connectivity index (χ0) is 11.9. The Morgan fingerprint density at radius 2 is 2.12 bits per heavy atom. The summed E-state index contributed by atoms with van der Waals surface area (Å²) in [6.45, 7) is 3.14. The largest absolute Gasteiger partial charge is 0.347 e. The Kier molecular flexibility index (Phi) is 4.33. The second-order valence-corrected chi connectivity index (χ2v) is 4.12. The molecule has 0 spiro atoms. The monoisotopic (exact) mass is 229 g/mol. The molecule has 1 atom stereocenters. The maximum absolute atomic E-state index is 4.30. The van der Waals surface area contributed by atoms with E-state index in [0.717, 1.165) is 25.2 Å². The molecular weight excluding hydrogens is 210 g/mol. The number of nitrogens with zero attached hydrogens (tertiary/aromatic N) is 1. The highest BCUT2D eigenvalue weighted by molar-refractivity contribution is 5.14. The van der Waals surface area contributed by atoms with E-state index in [4.69, 9.17) is 0 Å². The molecular formula is C14H19N3. The van der Waals surface area contributed by atoms with Crippen LogP contribution in [0.4, 0.5) is 0 Å². The third kappa shape index (κ3) is 3.43. The molecule has 1 unspecified atom stereocenters. The molecule has 3 nitrogen and oxygen atoms in total. The van der Waals surface area contributed by atoms with E-state index in [1.165, 1.54) is 5.56 Å². The first-order chi connectivity index (χ1) is 8.40. The van der Waals surface area contributed by atoms with Gasteiger partial charge in [0.05, 0.1) is 6.04 Å². The molecule has 2 aromatic rings. The fraction of sp³-hybridized carbons (Fsp3) is 0.357. The molecule has 3 heteroatoms. The molecule has 0 aliphatic rings. The summed E-state index contributed by atoms with van der Waals surface area (Å²) in [6.07, 6.45) is 5.77. The molecule has 17 heavy (non-hydrogen) atoms. The fourth-order valence-electron chi connectivity index (χ4n) is 1.94. The number of H-pyrrole nitrogens is 1. The molecule has 0 aliphatic heterocycles. The van der Waals surface area contributed by atoms with Gasteiger partial charge in [0.1, 0.15) is 5.82 Å². The fourth-order valence-corrected chi connectivity index (χ4v) is 1.94. The topological polar surface area (TPSA) is 40.7 Å². The predicted octanol–water partition coefficient (Wildman–Crippen LogP) is 2.69. The Labute approximate surface area is 102 Å². The molecule has 1 aromatic carbocycles. The quantitative estimate of drug-likeness (QED) is 0.799. The molecule has 2 N–H and O–H groups in total. The molecule has 0 amide bonds. The summed E-state index contributed by atoms with van der Waals surface area (Å²) in [5, 5.41) is 3.53. The summed E-state index contributed by atoms with van der Waals surface area (Å²) in [5.41, 5.74) is 1.37. The Morgan fingerprint density at radius 3 is 2.76 bits per heavy atom. The van der Waals surface area contributed by atoms with E-state index in [0.29, 0.717) is 6.04 Å². The van der Waals surface area contributed by atoms with Gasteiger partial charge in [-0.15, -0.1) is 0 Å². The van der Waals surface area contributed by atoms with Crippen LogP contribution in [0.15, 0.2) is 42.7 Å². The average Bonchev–Trinajstić information content (AvgIpc) is 2.90. The Morgan fingerprint density at radius 1 is 1.29 bits per heavy atom. The van der Waals surface area contributed by atoms with Gasteiger partial charge in [0.25, 0.3) is 0 Å². The maximum Gasteiger partial charge on any atom is 0.123 e. The van der Waals surface area contributed by atoms with E-state index in [2.05, 4.69) is 52.5 Å². The molecule has 90 valence electrons. The van der Waals surface area contributed by atoms with Gasteiger partial charge in [-0.25, -0.2) is 4.98 Å². The maximum atomic E-state index is 4.30. The van der Waals surface area contributed by atoms with Gasteiger partial charge in [-0.1, -0.05) is 37.3 Å². The molecule has 1 heterocycles. The van der Waals surface area contributed by atoms with Gasteiger partial charge in [0.15, 0.2) is 0 Å². The van der Waals surface area contributed by atoms with Gasteiger partial charge < -0.3 is 10.3 Å². The lowest BCUT2D eigenvalue weighted by Gasteiger charge is -2.14. The van der Waals surface area contributed by atoms with E-state index in [1.54, 1.807) is 6.20 Å². The lowest BCUT2D eigenvalue weighted by Crippen LogP contribution is -2.24. The Hall–Kier alpha value is -1.61. The van der Waals surface area contributed by atoms with Crippen LogP contribution in [-0.2, 0) is 6.42 Å². The van der Waals surface area contributed by atoms with Gasteiger partial charge in [0.2, 0.25) is 0 Å². The summed E-state index contributed by atoms with van der Waals surface area (Å²) in [7, 11) is 0. The lowest BCUT2D eigenvalue weighted by atomic mass is 10.1. The number of hydrogen-bond donors (Lipinski definition) is 2. The molecule has 0 saturated heterocycles. The SMILES string of the molecule is CCC(NCCc1ccccc1)c1ncc[nH]1. The standard InChI is InChI=1S/C14H19N3/c1-2-13(14-16-10-11-17-14)15-9-8-12-6-4-3-5-7-12/h3-7,10-11,13,15H,2,8-9H2,1H3,(H,16,17). The van der Waals surface area contributed by atoms with E-state index in [1.807, 2.05) is 6.20 Å². The van der Waals surface area contributed by atoms with Crippen LogP contribution in [0.2, 0.25) is 0 Å². The molecule has 0 saturated carbocycles. The van der Waals surface area contributed by atoms with Crippen LogP contribution in [0, 0.1) is 0 Å². The second-order valence-electron chi connectivity index (χ2n) is 4.12. The molecule has 0 fully saturated rings. The molecule has 0 radical (unpaired) electrons. The lowest BCUT2D eigenvalue weighted by molar-refractivity contribution is 0.502. The number of benzene rings is 1. The van der Waals surface area contributed by atoms with Crippen molar-refractivity contribution in [2.24, 2.45) is 0 Å². The smallest absolute Gasteiger partial charge is 0.123 e. The first-order valence-electron chi connectivity index (χ1n) is 6.16. The summed E-state index contributed by atoms with van der Waals surface area (Å²) < 4.78 is 0. The normalized spacial score (nSPS) is 12.5. The van der Waals surface area contributed by atoms with Crippen molar-refractivity contribution >= 4 is 0 Å². The van der Waals surface area contributed by atoms with Crippen LogP contribution in [0.25, 0.3) is 0 Å². The van der Waals surface area contributed by atoms with Crippen molar-refractivity contribution in [3.63, 3.8) is 0 Å². The number of hydrogen-bond acceptors (Lipinski definition) is 2. The van der Waals surface area contributed by atoms with Crippen LogP contribution in [0.3, 0.4) is 0 Å². The average molecular weight is 229 g/mol.